The monoisotopic (exact) mass is 386 g/mol. The molecule has 0 aliphatic rings. The topological polar surface area (TPSA) is 78.4 Å². The van der Waals surface area contributed by atoms with E-state index >= 15 is 0 Å². The first kappa shape index (κ1) is 21.1. The van der Waals surface area contributed by atoms with Gasteiger partial charge < -0.3 is 18.9 Å². The van der Waals surface area contributed by atoms with Gasteiger partial charge in [-0.05, 0) is 49.6 Å². The van der Waals surface area contributed by atoms with E-state index in [0.717, 1.165) is 22.4 Å². The van der Waals surface area contributed by atoms with E-state index in [4.69, 9.17) is 18.9 Å². The fourth-order valence-electron chi connectivity index (χ4n) is 2.67. The van der Waals surface area contributed by atoms with Gasteiger partial charge in [-0.15, -0.1) is 0 Å². The minimum atomic E-state index is -0.357. The van der Waals surface area contributed by atoms with Crippen molar-refractivity contribution in [2.75, 3.05) is 27.9 Å². The predicted octanol–water partition coefficient (Wildman–Crippen LogP) is 3.17. The number of hydrogen-bond acceptors (Lipinski definition) is 6. The lowest BCUT2D eigenvalue weighted by atomic mass is 10.1. The highest BCUT2D eigenvalue weighted by Gasteiger charge is 2.12. The smallest absolute Gasteiger partial charge is 0.277 e. The van der Waals surface area contributed by atoms with Crippen LogP contribution in [-0.2, 0) is 4.79 Å². The molecular weight excluding hydrogens is 360 g/mol. The zero-order valence-corrected chi connectivity index (χ0v) is 17.1. The zero-order chi connectivity index (χ0) is 20.7. The van der Waals surface area contributed by atoms with Gasteiger partial charge in [-0.1, -0.05) is 12.1 Å². The molecule has 2 aromatic rings. The molecule has 0 saturated heterocycles. The van der Waals surface area contributed by atoms with Crippen molar-refractivity contribution in [3.8, 4) is 23.0 Å². The number of methoxy groups -OCH3 is 3. The van der Waals surface area contributed by atoms with E-state index in [1.165, 1.54) is 27.5 Å². The van der Waals surface area contributed by atoms with Gasteiger partial charge in [-0.3, -0.25) is 4.79 Å². The summed E-state index contributed by atoms with van der Waals surface area (Å²) < 4.78 is 21.5. The van der Waals surface area contributed by atoms with Gasteiger partial charge in [0, 0.05) is 5.56 Å². The van der Waals surface area contributed by atoms with Gasteiger partial charge in [0.15, 0.2) is 18.1 Å². The van der Waals surface area contributed by atoms with Gasteiger partial charge in [0.1, 0.15) is 5.75 Å². The Bertz CT molecular complexity index is 852. The first-order chi connectivity index (χ1) is 13.4. The Balaban J connectivity index is 2.01. The molecule has 0 saturated carbocycles. The average molecular weight is 386 g/mol. The minimum Gasteiger partial charge on any atom is -0.493 e. The molecular formula is C21H26N2O5. The average Bonchev–Trinajstić information content (AvgIpc) is 2.69. The standard InChI is InChI=1S/C21H26N2O5/c1-13-7-8-14(2)20(15(13)3)28-12-19(24)23-22-11-16-9-17(25-4)21(27-6)18(10-16)26-5/h7-11H,12H2,1-6H3,(H,23,24)/b22-11+. The first-order valence-electron chi connectivity index (χ1n) is 8.72. The van der Waals surface area contributed by atoms with E-state index in [1.807, 2.05) is 32.9 Å². The third kappa shape index (κ3) is 4.94. The lowest BCUT2D eigenvalue weighted by molar-refractivity contribution is -0.123. The van der Waals surface area contributed by atoms with E-state index in [9.17, 15) is 4.79 Å². The highest BCUT2D eigenvalue weighted by atomic mass is 16.5. The molecule has 28 heavy (non-hydrogen) atoms. The summed E-state index contributed by atoms with van der Waals surface area (Å²) in [7, 11) is 4.60. The Morgan fingerprint density at radius 3 is 2.14 bits per heavy atom. The Kier molecular flexibility index (Phi) is 7.26. The molecule has 0 fully saturated rings. The van der Waals surface area contributed by atoms with E-state index in [0.29, 0.717) is 22.8 Å². The largest absolute Gasteiger partial charge is 0.493 e. The van der Waals surface area contributed by atoms with Crippen LogP contribution in [0.2, 0.25) is 0 Å². The fraction of sp³-hybridized carbons (Fsp3) is 0.333. The Hall–Kier alpha value is -3.22. The van der Waals surface area contributed by atoms with Crippen LogP contribution in [0.3, 0.4) is 0 Å². The van der Waals surface area contributed by atoms with Crippen molar-refractivity contribution >= 4 is 12.1 Å². The maximum Gasteiger partial charge on any atom is 0.277 e. The van der Waals surface area contributed by atoms with Crippen molar-refractivity contribution in [1.82, 2.24) is 5.43 Å². The molecule has 2 rings (SSSR count). The van der Waals surface area contributed by atoms with Crippen molar-refractivity contribution < 1.29 is 23.7 Å². The van der Waals surface area contributed by atoms with Gasteiger partial charge in [-0.2, -0.15) is 5.10 Å². The van der Waals surface area contributed by atoms with Crippen LogP contribution in [0.15, 0.2) is 29.4 Å². The third-order valence-electron chi connectivity index (χ3n) is 4.31. The van der Waals surface area contributed by atoms with Gasteiger partial charge in [0.25, 0.3) is 5.91 Å². The summed E-state index contributed by atoms with van der Waals surface area (Å²) >= 11 is 0. The number of hydrazone groups is 1. The van der Waals surface area contributed by atoms with Crippen LogP contribution in [0, 0.1) is 20.8 Å². The lowest BCUT2D eigenvalue weighted by Crippen LogP contribution is -2.25. The van der Waals surface area contributed by atoms with Crippen LogP contribution in [0.4, 0.5) is 0 Å². The number of ether oxygens (including phenoxy) is 4. The molecule has 0 bridgehead atoms. The van der Waals surface area contributed by atoms with Gasteiger partial charge in [-0.25, -0.2) is 5.43 Å². The highest BCUT2D eigenvalue weighted by molar-refractivity contribution is 5.84. The number of hydrogen-bond donors (Lipinski definition) is 1. The first-order valence-corrected chi connectivity index (χ1v) is 8.72. The fourth-order valence-corrected chi connectivity index (χ4v) is 2.67. The molecule has 0 spiro atoms. The molecule has 150 valence electrons. The van der Waals surface area contributed by atoms with Gasteiger partial charge >= 0.3 is 0 Å². The quantitative estimate of drug-likeness (QED) is 0.557. The van der Waals surface area contributed by atoms with E-state index in [-0.39, 0.29) is 12.5 Å². The van der Waals surface area contributed by atoms with E-state index in [1.54, 1.807) is 12.1 Å². The Morgan fingerprint density at radius 1 is 0.964 bits per heavy atom. The second-order valence-corrected chi connectivity index (χ2v) is 6.19. The maximum atomic E-state index is 12.0. The molecule has 1 N–H and O–H groups in total. The molecule has 0 aliphatic carbocycles. The predicted molar refractivity (Wildman–Crippen MR) is 108 cm³/mol. The zero-order valence-electron chi connectivity index (χ0n) is 17.1. The van der Waals surface area contributed by atoms with Crippen LogP contribution in [0.1, 0.15) is 22.3 Å². The summed E-state index contributed by atoms with van der Waals surface area (Å²) in [4.78, 5) is 12.0. The van der Waals surface area contributed by atoms with Crippen LogP contribution in [0.25, 0.3) is 0 Å². The number of nitrogens with one attached hydrogen (secondary N) is 1. The second kappa shape index (κ2) is 9.64. The van der Waals surface area contributed by atoms with Crippen molar-refractivity contribution in [2.45, 2.75) is 20.8 Å². The van der Waals surface area contributed by atoms with Crippen LogP contribution >= 0.6 is 0 Å². The number of benzene rings is 2. The molecule has 1 amide bonds. The van der Waals surface area contributed by atoms with Crippen LogP contribution in [0.5, 0.6) is 23.0 Å². The number of aryl methyl sites for hydroxylation is 2. The molecule has 0 heterocycles. The van der Waals surface area contributed by atoms with Gasteiger partial charge in [0.05, 0.1) is 27.5 Å². The summed E-state index contributed by atoms with van der Waals surface area (Å²) in [5.41, 5.74) is 6.25. The van der Waals surface area contributed by atoms with Crippen molar-refractivity contribution in [3.05, 3.63) is 46.5 Å². The maximum absolute atomic E-state index is 12.0. The normalized spacial score (nSPS) is 10.6. The molecule has 0 aromatic heterocycles. The van der Waals surface area contributed by atoms with Crippen LogP contribution in [-0.4, -0.2) is 40.1 Å². The SMILES string of the molecule is COc1cc(/C=N/NC(=O)COc2c(C)ccc(C)c2C)cc(OC)c1OC. The van der Waals surface area contributed by atoms with E-state index < -0.39 is 0 Å². The molecule has 2 aromatic carbocycles. The van der Waals surface area contributed by atoms with Gasteiger partial charge in [0.2, 0.25) is 5.75 Å². The number of amides is 1. The summed E-state index contributed by atoms with van der Waals surface area (Å²) in [6.07, 6.45) is 1.49. The van der Waals surface area contributed by atoms with E-state index in [2.05, 4.69) is 10.5 Å². The summed E-state index contributed by atoms with van der Waals surface area (Å²) in [5, 5.41) is 3.97. The second-order valence-electron chi connectivity index (χ2n) is 6.19. The molecule has 0 unspecified atom stereocenters. The summed E-state index contributed by atoms with van der Waals surface area (Å²) in [5.74, 6) is 1.86. The van der Waals surface area contributed by atoms with Crippen molar-refractivity contribution in [1.29, 1.82) is 0 Å². The molecule has 7 heteroatoms. The molecule has 0 atom stereocenters. The Morgan fingerprint density at radius 2 is 1.57 bits per heavy atom. The molecule has 0 aliphatic heterocycles. The molecule has 0 radical (unpaired) electrons. The highest BCUT2D eigenvalue weighted by Crippen LogP contribution is 2.37. The van der Waals surface area contributed by atoms with Crippen LogP contribution < -0.4 is 24.4 Å². The lowest BCUT2D eigenvalue weighted by Gasteiger charge is -2.13. The summed E-state index contributed by atoms with van der Waals surface area (Å²) in [6.45, 7) is 5.79. The Labute approximate surface area is 165 Å². The third-order valence-corrected chi connectivity index (χ3v) is 4.31. The number of carbonyl (C=O) groups excluding carboxylic acids is 1. The minimum absolute atomic E-state index is 0.127. The summed E-state index contributed by atoms with van der Waals surface area (Å²) in [6, 6.07) is 7.46. The molecule has 7 nitrogen and oxygen atoms in total. The number of carbonyl (C=O) groups is 1. The van der Waals surface area contributed by atoms with Crippen molar-refractivity contribution in [3.63, 3.8) is 0 Å². The number of rotatable bonds is 8. The van der Waals surface area contributed by atoms with Crippen molar-refractivity contribution in [2.24, 2.45) is 5.10 Å². The number of nitrogens with zero attached hydrogens (tertiary/aromatic N) is 1.